The fraction of sp³-hybridized carbons (Fsp3) is 0.625. The summed E-state index contributed by atoms with van der Waals surface area (Å²) in [4.78, 5) is 11.2. The molecule has 0 N–H and O–H groups in total. The number of esters is 1. The number of hydrogen-bond donors (Lipinski definition) is 0. The van der Waals surface area contributed by atoms with E-state index in [1.54, 1.807) is 0 Å². The Labute approximate surface area is 83.0 Å². The van der Waals surface area contributed by atoms with Crippen molar-refractivity contribution >= 4 is 21.9 Å². The molecule has 13 heavy (non-hydrogen) atoms. The van der Waals surface area contributed by atoms with Crippen LogP contribution >= 0.6 is 15.9 Å². The second kappa shape index (κ2) is 3.06. The Bertz CT molecular complexity index is 289. The van der Waals surface area contributed by atoms with Crippen LogP contribution in [0.2, 0.25) is 0 Å². The van der Waals surface area contributed by atoms with Crippen LogP contribution in [-0.2, 0) is 14.3 Å². The predicted octanol–water partition coefficient (Wildman–Crippen LogP) is 1.32. The van der Waals surface area contributed by atoms with Crippen LogP contribution in [0.1, 0.15) is 6.42 Å². The molecule has 0 amide bonds. The van der Waals surface area contributed by atoms with Crippen LogP contribution in [0.25, 0.3) is 0 Å². The lowest BCUT2D eigenvalue weighted by molar-refractivity contribution is -0.137. The van der Waals surface area contributed by atoms with Crippen molar-refractivity contribution < 1.29 is 18.7 Å². The Morgan fingerprint density at radius 2 is 2.46 bits per heavy atom. The molecule has 5 heteroatoms. The Morgan fingerprint density at radius 1 is 1.77 bits per heavy atom. The van der Waals surface area contributed by atoms with Gasteiger partial charge in [0.15, 0.2) is 0 Å². The number of ether oxygens (including phenoxy) is 2. The molecule has 0 saturated carbocycles. The third-order valence-electron chi connectivity index (χ3n) is 2.31. The van der Waals surface area contributed by atoms with Crippen molar-refractivity contribution in [3.8, 4) is 0 Å². The standard InChI is InChI=1S/C8H8BrFO3/c1-12-8(11)5-6(9)4-2-3(10)7(5)13-4/h3-4,7H,2H2,1H3/t3-,4-,7+/m0/s1. The summed E-state index contributed by atoms with van der Waals surface area (Å²) >= 11 is 3.22. The van der Waals surface area contributed by atoms with Crippen LogP contribution in [0.3, 0.4) is 0 Å². The van der Waals surface area contributed by atoms with Gasteiger partial charge in [0.25, 0.3) is 0 Å². The van der Waals surface area contributed by atoms with Crippen molar-refractivity contribution in [2.75, 3.05) is 7.11 Å². The Balaban J connectivity index is 2.32. The van der Waals surface area contributed by atoms with Gasteiger partial charge < -0.3 is 9.47 Å². The third-order valence-corrected chi connectivity index (χ3v) is 3.25. The van der Waals surface area contributed by atoms with Crippen LogP contribution in [0, 0.1) is 0 Å². The SMILES string of the molecule is COC(=O)C1=C(Br)[C@@H]2C[C@H](F)[C@H]1O2. The number of fused-ring (bicyclic) bond motifs is 2. The number of hydrogen-bond acceptors (Lipinski definition) is 3. The van der Waals surface area contributed by atoms with E-state index in [1.165, 1.54) is 7.11 Å². The first-order valence-corrected chi connectivity index (χ1v) is 4.72. The Morgan fingerprint density at radius 3 is 3.00 bits per heavy atom. The van der Waals surface area contributed by atoms with Gasteiger partial charge in [-0.2, -0.15) is 0 Å². The van der Waals surface area contributed by atoms with Gasteiger partial charge in [0.05, 0.1) is 18.8 Å². The summed E-state index contributed by atoms with van der Waals surface area (Å²) < 4.78 is 23.6. The van der Waals surface area contributed by atoms with Gasteiger partial charge >= 0.3 is 5.97 Å². The fourth-order valence-corrected chi connectivity index (χ4v) is 2.37. The monoisotopic (exact) mass is 250 g/mol. The minimum absolute atomic E-state index is 0.297. The van der Waals surface area contributed by atoms with E-state index in [-0.39, 0.29) is 6.10 Å². The minimum atomic E-state index is -1.08. The largest absolute Gasteiger partial charge is 0.466 e. The van der Waals surface area contributed by atoms with Crippen LogP contribution in [0.15, 0.2) is 10.1 Å². The lowest BCUT2D eigenvalue weighted by Gasteiger charge is -2.13. The number of methoxy groups -OCH3 is 1. The summed E-state index contributed by atoms with van der Waals surface area (Å²) in [7, 11) is 1.27. The zero-order chi connectivity index (χ0) is 9.59. The van der Waals surface area contributed by atoms with E-state index in [2.05, 4.69) is 20.7 Å². The van der Waals surface area contributed by atoms with Crippen molar-refractivity contribution in [3.63, 3.8) is 0 Å². The lowest BCUT2D eigenvalue weighted by Crippen LogP contribution is -2.26. The maximum Gasteiger partial charge on any atom is 0.337 e. The van der Waals surface area contributed by atoms with E-state index in [0.29, 0.717) is 16.5 Å². The molecule has 0 aromatic heterocycles. The molecule has 0 spiro atoms. The molecule has 72 valence electrons. The predicted molar refractivity (Wildman–Crippen MR) is 46.1 cm³/mol. The van der Waals surface area contributed by atoms with Crippen LogP contribution in [0.5, 0.6) is 0 Å². The molecule has 0 aliphatic carbocycles. The van der Waals surface area contributed by atoms with E-state index in [4.69, 9.17) is 4.74 Å². The summed E-state index contributed by atoms with van der Waals surface area (Å²) in [5, 5.41) is 0. The molecule has 2 rings (SSSR count). The maximum atomic E-state index is 13.2. The van der Waals surface area contributed by atoms with Gasteiger partial charge in [0, 0.05) is 10.9 Å². The molecule has 2 bridgehead atoms. The van der Waals surface area contributed by atoms with Crippen molar-refractivity contribution in [1.29, 1.82) is 0 Å². The fourth-order valence-electron chi connectivity index (χ4n) is 1.69. The molecular formula is C8H8BrFO3. The van der Waals surface area contributed by atoms with E-state index in [0.717, 1.165) is 0 Å². The second-order valence-corrected chi connectivity index (χ2v) is 3.90. The Hall–Kier alpha value is -0.420. The molecule has 0 aromatic carbocycles. The highest BCUT2D eigenvalue weighted by Crippen LogP contribution is 2.43. The maximum absolute atomic E-state index is 13.2. The number of carbonyl (C=O) groups is 1. The third kappa shape index (κ3) is 1.21. The van der Waals surface area contributed by atoms with Crippen molar-refractivity contribution in [1.82, 2.24) is 0 Å². The van der Waals surface area contributed by atoms with E-state index in [9.17, 15) is 9.18 Å². The average molecular weight is 251 g/mol. The van der Waals surface area contributed by atoms with Gasteiger partial charge in [-0.3, -0.25) is 0 Å². The van der Waals surface area contributed by atoms with Crippen LogP contribution in [-0.4, -0.2) is 31.5 Å². The van der Waals surface area contributed by atoms with Crippen molar-refractivity contribution in [2.24, 2.45) is 0 Å². The van der Waals surface area contributed by atoms with Gasteiger partial charge in [0.1, 0.15) is 12.3 Å². The molecule has 2 aliphatic heterocycles. The van der Waals surface area contributed by atoms with E-state index >= 15 is 0 Å². The highest BCUT2D eigenvalue weighted by Gasteiger charge is 2.49. The molecule has 3 nitrogen and oxygen atoms in total. The first kappa shape index (κ1) is 9.15. The highest BCUT2D eigenvalue weighted by molar-refractivity contribution is 9.11. The molecule has 3 atom stereocenters. The number of rotatable bonds is 1. The average Bonchev–Trinajstić information content (AvgIpc) is 2.60. The molecule has 2 heterocycles. The summed E-state index contributed by atoms with van der Waals surface area (Å²) in [5.74, 6) is -0.512. The van der Waals surface area contributed by atoms with Crippen LogP contribution in [0.4, 0.5) is 4.39 Å². The molecular weight excluding hydrogens is 243 g/mol. The summed E-state index contributed by atoms with van der Waals surface area (Å²) in [6.07, 6.45) is -1.78. The summed E-state index contributed by atoms with van der Waals surface area (Å²) in [5.41, 5.74) is 0.297. The van der Waals surface area contributed by atoms with Crippen molar-refractivity contribution in [2.45, 2.75) is 24.8 Å². The highest BCUT2D eigenvalue weighted by atomic mass is 79.9. The molecule has 2 aliphatic rings. The van der Waals surface area contributed by atoms with Gasteiger partial charge in [0.2, 0.25) is 0 Å². The van der Waals surface area contributed by atoms with E-state index in [1.807, 2.05) is 0 Å². The summed E-state index contributed by atoms with van der Waals surface area (Å²) in [6.45, 7) is 0. The topological polar surface area (TPSA) is 35.5 Å². The summed E-state index contributed by atoms with van der Waals surface area (Å²) in [6, 6.07) is 0. The minimum Gasteiger partial charge on any atom is -0.466 e. The second-order valence-electron chi connectivity index (χ2n) is 3.05. The quantitative estimate of drug-likeness (QED) is 0.659. The van der Waals surface area contributed by atoms with Crippen molar-refractivity contribution in [3.05, 3.63) is 10.1 Å². The lowest BCUT2D eigenvalue weighted by atomic mass is 9.98. The Kier molecular flexibility index (Phi) is 2.15. The molecule has 0 aromatic rings. The van der Waals surface area contributed by atoms with Gasteiger partial charge in [-0.15, -0.1) is 0 Å². The smallest absolute Gasteiger partial charge is 0.337 e. The molecule has 1 saturated heterocycles. The van der Waals surface area contributed by atoms with Gasteiger partial charge in [-0.1, -0.05) is 15.9 Å². The van der Waals surface area contributed by atoms with Gasteiger partial charge in [-0.05, 0) is 0 Å². The number of alkyl halides is 1. The first-order chi connectivity index (χ1) is 6.15. The molecule has 0 radical (unpaired) electrons. The molecule has 0 unspecified atom stereocenters. The first-order valence-electron chi connectivity index (χ1n) is 3.92. The van der Waals surface area contributed by atoms with E-state index < -0.39 is 18.2 Å². The zero-order valence-corrected chi connectivity index (χ0v) is 8.51. The van der Waals surface area contributed by atoms with Gasteiger partial charge in [-0.25, -0.2) is 9.18 Å². The van der Waals surface area contributed by atoms with Crippen LogP contribution < -0.4 is 0 Å². The normalized spacial score (nSPS) is 37.0. The molecule has 1 fully saturated rings. The zero-order valence-electron chi connectivity index (χ0n) is 6.92. The number of halogens is 2. The number of carbonyl (C=O) groups excluding carboxylic acids is 1.